The van der Waals surface area contributed by atoms with Crippen LogP contribution in [0.2, 0.25) is 0 Å². The van der Waals surface area contributed by atoms with E-state index in [9.17, 15) is 4.79 Å². The molecule has 1 amide bonds. The third-order valence-electron chi connectivity index (χ3n) is 3.39. The molecule has 0 radical (unpaired) electrons. The fraction of sp³-hybridized carbons (Fsp3) is 0.765. The molecule has 0 atom stereocenters. The van der Waals surface area contributed by atoms with Gasteiger partial charge in [0.1, 0.15) is 5.60 Å². The van der Waals surface area contributed by atoms with Crippen molar-refractivity contribution in [2.75, 3.05) is 26.7 Å². The Morgan fingerprint density at radius 3 is 2.42 bits per heavy atom. The summed E-state index contributed by atoms with van der Waals surface area (Å²) in [7, 11) is 1.76. The molecule has 6 nitrogen and oxygen atoms in total. The molecule has 0 spiro atoms. The summed E-state index contributed by atoms with van der Waals surface area (Å²) in [5, 5.41) is 6.65. The Labute approximate surface area is 163 Å². The molecule has 0 aromatic heterocycles. The Morgan fingerprint density at radius 2 is 1.92 bits per heavy atom. The molecule has 7 heteroatoms. The molecule has 140 valence electrons. The first kappa shape index (κ1) is 23.0. The highest BCUT2D eigenvalue weighted by molar-refractivity contribution is 14.0. The van der Waals surface area contributed by atoms with E-state index in [0.29, 0.717) is 25.7 Å². The van der Waals surface area contributed by atoms with Gasteiger partial charge >= 0.3 is 6.09 Å². The monoisotopic (exact) mass is 452 g/mol. The van der Waals surface area contributed by atoms with Crippen molar-refractivity contribution in [3.63, 3.8) is 0 Å². The van der Waals surface area contributed by atoms with Gasteiger partial charge in [0.05, 0.1) is 0 Å². The van der Waals surface area contributed by atoms with Crippen LogP contribution < -0.4 is 10.6 Å². The SMILES string of the molecule is CCCN(CCNC(=NC)NC1CC=CC1)C(=O)OC(C)(C)C.I. The van der Waals surface area contributed by atoms with Gasteiger partial charge in [-0.2, -0.15) is 0 Å². The molecule has 0 bridgehead atoms. The van der Waals surface area contributed by atoms with Gasteiger partial charge in [-0.25, -0.2) is 4.79 Å². The third-order valence-corrected chi connectivity index (χ3v) is 3.39. The molecule has 0 fully saturated rings. The lowest BCUT2D eigenvalue weighted by atomic mass is 10.2. The minimum atomic E-state index is -0.469. The van der Waals surface area contributed by atoms with Gasteiger partial charge in [-0.15, -0.1) is 24.0 Å². The van der Waals surface area contributed by atoms with Gasteiger partial charge in [-0.3, -0.25) is 4.99 Å². The second kappa shape index (κ2) is 11.5. The topological polar surface area (TPSA) is 66.0 Å². The highest BCUT2D eigenvalue weighted by Gasteiger charge is 2.21. The van der Waals surface area contributed by atoms with Crippen molar-refractivity contribution in [1.82, 2.24) is 15.5 Å². The van der Waals surface area contributed by atoms with Crippen molar-refractivity contribution >= 4 is 36.0 Å². The van der Waals surface area contributed by atoms with Gasteiger partial charge in [-0.05, 0) is 40.0 Å². The van der Waals surface area contributed by atoms with Gasteiger partial charge in [0.25, 0.3) is 0 Å². The van der Waals surface area contributed by atoms with E-state index in [1.165, 1.54) is 0 Å². The van der Waals surface area contributed by atoms with E-state index >= 15 is 0 Å². The van der Waals surface area contributed by atoms with Crippen molar-refractivity contribution in [1.29, 1.82) is 0 Å². The Kier molecular flexibility index (Phi) is 11.1. The van der Waals surface area contributed by atoms with Crippen LogP contribution in [0.25, 0.3) is 0 Å². The molecule has 1 rings (SSSR count). The van der Waals surface area contributed by atoms with Crippen LogP contribution in [0.15, 0.2) is 17.1 Å². The number of hydrogen-bond donors (Lipinski definition) is 2. The maximum absolute atomic E-state index is 12.2. The van der Waals surface area contributed by atoms with E-state index in [2.05, 4.69) is 34.7 Å². The number of nitrogens with zero attached hydrogens (tertiary/aromatic N) is 2. The third kappa shape index (κ3) is 9.34. The Hall–Kier alpha value is -0.990. The normalized spacial score (nSPS) is 15.0. The minimum absolute atomic E-state index is 0. The highest BCUT2D eigenvalue weighted by atomic mass is 127. The van der Waals surface area contributed by atoms with Gasteiger partial charge < -0.3 is 20.3 Å². The highest BCUT2D eigenvalue weighted by Crippen LogP contribution is 2.10. The predicted molar refractivity (Wildman–Crippen MR) is 110 cm³/mol. The number of aliphatic imine (C=N–C) groups is 1. The Bertz CT molecular complexity index is 425. The number of rotatable bonds is 6. The van der Waals surface area contributed by atoms with E-state index in [4.69, 9.17) is 4.74 Å². The summed E-state index contributed by atoms with van der Waals surface area (Å²) in [4.78, 5) is 18.2. The predicted octanol–water partition coefficient (Wildman–Crippen LogP) is 3.14. The van der Waals surface area contributed by atoms with Crippen LogP contribution >= 0.6 is 24.0 Å². The Morgan fingerprint density at radius 1 is 1.29 bits per heavy atom. The number of hydrogen-bond acceptors (Lipinski definition) is 3. The fourth-order valence-corrected chi connectivity index (χ4v) is 2.32. The van der Waals surface area contributed by atoms with Crippen molar-refractivity contribution in [3.8, 4) is 0 Å². The number of carbonyl (C=O) groups is 1. The van der Waals surface area contributed by atoms with E-state index in [-0.39, 0.29) is 30.1 Å². The van der Waals surface area contributed by atoms with E-state index < -0.39 is 5.60 Å². The maximum atomic E-state index is 12.2. The number of amides is 1. The summed E-state index contributed by atoms with van der Waals surface area (Å²) in [5.74, 6) is 0.777. The summed E-state index contributed by atoms with van der Waals surface area (Å²) in [6.45, 7) is 9.62. The summed E-state index contributed by atoms with van der Waals surface area (Å²) in [5.41, 5.74) is -0.469. The first-order valence-corrected chi connectivity index (χ1v) is 8.45. The Balaban J connectivity index is 0.00000529. The summed E-state index contributed by atoms with van der Waals surface area (Å²) in [6.07, 6.45) is 7.05. The quantitative estimate of drug-likeness (QED) is 0.281. The first-order chi connectivity index (χ1) is 10.9. The average Bonchev–Trinajstić information content (AvgIpc) is 2.96. The number of halogens is 1. The lowest BCUT2D eigenvalue weighted by molar-refractivity contribution is 0.0253. The molecule has 1 aliphatic carbocycles. The van der Waals surface area contributed by atoms with Crippen LogP contribution in [0, 0.1) is 0 Å². The van der Waals surface area contributed by atoms with Crippen molar-refractivity contribution in [2.45, 2.75) is 58.6 Å². The van der Waals surface area contributed by atoms with Crippen molar-refractivity contribution in [3.05, 3.63) is 12.2 Å². The first-order valence-electron chi connectivity index (χ1n) is 8.45. The fourth-order valence-electron chi connectivity index (χ4n) is 2.32. The number of ether oxygens (including phenoxy) is 1. The largest absolute Gasteiger partial charge is 0.444 e. The molecule has 24 heavy (non-hydrogen) atoms. The zero-order chi connectivity index (χ0) is 17.3. The summed E-state index contributed by atoms with van der Waals surface area (Å²) < 4.78 is 5.45. The van der Waals surface area contributed by atoms with E-state index in [1.807, 2.05) is 20.8 Å². The van der Waals surface area contributed by atoms with E-state index in [0.717, 1.165) is 25.2 Å². The molecule has 0 heterocycles. The van der Waals surface area contributed by atoms with Crippen molar-refractivity contribution < 1.29 is 9.53 Å². The number of nitrogens with one attached hydrogen (secondary N) is 2. The minimum Gasteiger partial charge on any atom is -0.444 e. The number of carbonyl (C=O) groups excluding carboxylic acids is 1. The lowest BCUT2D eigenvalue weighted by Crippen LogP contribution is -2.46. The van der Waals surface area contributed by atoms with Gasteiger partial charge in [0.2, 0.25) is 0 Å². The van der Waals surface area contributed by atoms with Gasteiger partial charge in [0.15, 0.2) is 5.96 Å². The average molecular weight is 452 g/mol. The smallest absolute Gasteiger partial charge is 0.410 e. The molecule has 2 N–H and O–H groups in total. The zero-order valence-electron chi connectivity index (χ0n) is 15.6. The second-order valence-electron chi connectivity index (χ2n) is 6.75. The molecule has 1 aliphatic rings. The van der Waals surface area contributed by atoms with Crippen LogP contribution in [0.5, 0.6) is 0 Å². The van der Waals surface area contributed by atoms with Crippen LogP contribution in [0.3, 0.4) is 0 Å². The zero-order valence-corrected chi connectivity index (χ0v) is 17.9. The standard InChI is InChI=1S/C17H32N4O2.HI/c1-6-12-21(16(22)23-17(2,3)4)13-11-19-15(18-5)20-14-9-7-8-10-14;/h7-8,14H,6,9-13H2,1-5H3,(H2,18,19,20);1H. The lowest BCUT2D eigenvalue weighted by Gasteiger charge is -2.27. The maximum Gasteiger partial charge on any atom is 0.410 e. The summed E-state index contributed by atoms with van der Waals surface area (Å²) >= 11 is 0. The van der Waals surface area contributed by atoms with Crippen LogP contribution in [0.1, 0.15) is 47.0 Å². The van der Waals surface area contributed by atoms with Crippen LogP contribution in [-0.2, 0) is 4.74 Å². The molecule has 0 unspecified atom stereocenters. The summed E-state index contributed by atoms with van der Waals surface area (Å²) in [6, 6.07) is 0.416. The molecule has 0 saturated heterocycles. The number of guanidine groups is 1. The van der Waals surface area contributed by atoms with Crippen LogP contribution in [0.4, 0.5) is 4.79 Å². The van der Waals surface area contributed by atoms with Gasteiger partial charge in [0, 0.05) is 32.7 Å². The molecule has 0 aliphatic heterocycles. The molecular formula is C17H33IN4O2. The molecule has 0 aromatic carbocycles. The molecule has 0 saturated carbocycles. The van der Waals surface area contributed by atoms with E-state index in [1.54, 1.807) is 11.9 Å². The second-order valence-corrected chi connectivity index (χ2v) is 6.75. The van der Waals surface area contributed by atoms with Crippen molar-refractivity contribution in [2.24, 2.45) is 4.99 Å². The molecule has 0 aromatic rings. The van der Waals surface area contributed by atoms with Gasteiger partial charge in [-0.1, -0.05) is 19.1 Å². The van der Waals surface area contributed by atoms with Crippen LogP contribution in [-0.4, -0.2) is 55.3 Å². The molecular weight excluding hydrogens is 419 g/mol.